The zero-order valence-corrected chi connectivity index (χ0v) is 15.6. The Hall–Kier alpha value is -4.12. The van der Waals surface area contributed by atoms with Gasteiger partial charge < -0.3 is 10.2 Å². The summed E-state index contributed by atoms with van der Waals surface area (Å²) in [6.07, 6.45) is 7.34. The van der Waals surface area contributed by atoms with E-state index in [-0.39, 0.29) is 17.1 Å². The van der Waals surface area contributed by atoms with E-state index in [4.69, 9.17) is 0 Å². The Balaban J connectivity index is 1.82. The Labute approximate surface area is 169 Å². The summed E-state index contributed by atoms with van der Waals surface area (Å²) in [6.45, 7) is 0. The third-order valence-electron chi connectivity index (χ3n) is 4.00. The molecule has 0 heterocycles. The van der Waals surface area contributed by atoms with Gasteiger partial charge >= 0.3 is 0 Å². The van der Waals surface area contributed by atoms with Gasteiger partial charge in [-0.1, -0.05) is 72.8 Å². The van der Waals surface area contributed by atoms with Crippen molar-refractivity contribution in [3.8, 4) is 11.5 Å². The van der Waals surface area contributed by atoms with E-state index in [2.05, 4.69) is 10.5 Å². The number of hydrogen-bond acceptors (Lipinski definition) is 4. The molecule has 1 amide bonds. The number of nitrogens with one attached hydrogen (secondary N) is 1. The lowest BCUT2D eigenvalue weighted by molar-refractivity contribution is 0.0952. The van der Waals surface area contributed by atoms with E-state index >= 15 is 0 Å². The van der Waals surface area contributed by atoms with Gasteiger partial charge in [-0.3, -0.25) is 4.79 Å². The molecule has 0 saturated carbocycles. The van der Waals surface area contributed by atoms with Crippen LogP contribution < -0.4 is 5.43 Å². The molecule has 0 saturated heterocycles. The Bertz CT molecular complexity index is 1000. The van der Waals surface area contributed by atoms with Gasteiger partial charge in [-0.25, -0.2) is 5.43 Å². The fourth-order valence-electron chi connectivity index (χ4n) is 2.51. The number of phenolic OH excluding ortho intramolecular Hbond substituents is 2. The number of benzene rings is 3. The third kappa shape index (κ3) is 5.94. The van der Waals surface area contributed by atoms with E-state index in [1.165, 1.54) is 12.1 Å². The second-order valence-corrected chi connectivity index (χ2v) is 6.17. The minimum atomic E-state index is -0.582. The molecule has 0 spiro atoms. The molecule has 0 fully saturated rings. The van der Waals surface area contributed by atoms with Gasteiger partial charge in [0.05, 0.1) is 11.3 Å². The summed E-state index contributed by atoms with van der Waals surface area (Å²) >= 11 is 0. The van der Waals surface area contributed by atoms with Crippen molar-refractivity contribution < 1.29 is 15.0 Å². The average Bonchev–Trinajstić information content (AvgIpc) is 2.74. The average molecular weight is 384 g/mol. The van der Waals surface area contributed by atoms with E-state index in [1.54, 1.807) is 12.2 Å². The first-order valence-corrected chi connectivity index (χ1v) is 8.98. The van der Waals surface area contributed by atoms with Gasteiger partial charge in [0.2, 0.25) is 0 Å². The lowest BCUT2D eigenvalue weighted by Crippen LogP contribution is -2.19. The molecule has 0 bridgehead atoms. The molecule has 0 aliphatic carbocycles. The molecule has 144 valence electrons. The van der Waals surface area contributed by atoms with Crippen LogP contribution in [-0.2, 0) is 0 Å². The Morgan fingerprint density at radius 2 is 1.34 bits per heavy atom. The van der Waals surface area contributed by atoms with Crippen molar-refractivity contribution >= 4 is 23.8 Å². The monoisotopic (exact) mass is 384 g/mol. The second-order valence-electron chi connectivity index (χ2n) is 6.17. The van der Waals surface area contributed by atoms with Gasteiger partial charge in [-0.2, -0.15) is 5.10 Å². The van der Waals surface area contributed by atoms with Crippen LogP contribution in [0, 0.1) is 0 Å². The molecule has 0 aliphatic heterocycles. The number of amides is 1. The van der Waals surface area contributed by atoms with Gasteiger partial charge in [-0.05, 0) is 35.4 Å². The number of hydrazone groups is 1. The van der Waals surface area contributed by atoms with Crippen LogP contribution in [-0.4, -0.2) is 21.8 Å². The van der Waals surface area contributed by atoms with E-state index < -0.39 is 5.91 Å². The first-order valence-electron chi connectivity index (χ1n) is 8.98. The van der Waals surface area contributed by atoms with E-state index in [1.807, 2.05) is 72.8 Å². The van der Waals surface area contributed by atoms with Crippen LogP contribution in [0.25, 0.3) is 12.2 Å². The highest BCUT2D eigenvalue weighted by atomic mass is 16.3. The third-order valence-corrected chi connectivity index (χ3v) is 4.00. The predicted molar refractivity (Wildman–Crippen MR) is 116 cm³/mol. The zero-order valence-electron chi connectivity index (χ0n) is 15.6. The van der Waals surface area contributed by atoms with Crippen LogP contribution in [0.3, 0.4) is 0 Å². The first kappa shape index (κ1) is 19.6. The summed E-state index contributed by atoms with van der Waals surface area (Å²) in [6, 6.07) is 23.2. The van der Waals surface area contributed by atoms with Gasteiger partial charge in [0, 0.05) is 6.07 Å². The number of hydrogen-bond donors (Lipinski definition) is 3. The molecule has 3 rings (SSSR count). The molecule has 3 aromatic carbocycles. The molecule has 0 aromatic heterocycles. The van der Waals surface area contributed by atoms with Gasteiger partial charge in [0.1, 0.15) is 11.5 Å². The molecule has 29 heavy (non-hydrogen) atoms. The summed E-state index contributed by atoms with van der Waals surface area (Å²) in [5, 5.41) is 23.4. The zero-order chi connectivity index (χ0) is 20.5. The van der Waals surface area contributed by atoms with E-state index in [0.29, 0.717) is 5.71 Å². The topological polar surface area (TPSA) is 81.9 Å². The highest BCUT2D eigenvalue weighted by molar-refractivity contribution is 6.09. The summed E-state index contributed by atoms with van der Waals surface area (Å²) in [4.78, 5) is 12.3. The summed E-state index contributed by atoms with van der Waals surface area (Å²) in [5.41, 5.74) is 4.97. The normalized spacial score (nSPS) is 10.9. The predicted octanol–water partition coefficient (Wildman–Crippen LogP) is 4.61. The van der Waals surface area contributed by atoms with E-state index in [0.717, 1.165) is 17.2 Å². The van der Waals surface area contributed by atoms with Crippen LogP contribution in [0.15, 0.2) is 96.1 Å². The van der Waals surface area contributed by atoms with Crippen LogP contribution >= 0.6 is 0 Å². The van der Waals surface area contributed by atoms with E-state index in [9.17, 15) is 15.0 Å². The molecule has 0 radical (unpaired) electrons. The van der Waals surface area contributed by atoms with Gasteiger partial charge in [-0.15, -0.1) is 0 Å². The largest absolute Gasteiger partial charge is 0.508 e. The summed E-state index contributed by atoms with van der Waals surface area (Å²) in [5.74, 6) is -1.03. The highest BCUT2D eigenvalue weighted by Crippen LogP contribution is 2.22. The fraction of sp³-hybridized carbons (Fsp3) is 0. The number of phenols is 2. The molecule has 0 aliphatic rings. The Kier molecular flexibility index (Phi) is 6.58. The molecular weight excluding hydrogens is 364 g/mol. The quantitative estimate of drug-likeness (QED) is 0.429. The Morgan fingerprint density at radius 1 is 0.793 bits per heavy atom. The number of carbonyl (C=O) groups is 1. The van der Waals surface area contributed by atoms with Crippen LogP contribution in [0.4, 0.5) is 0 Å². The number of allylic oxidation sites excluding steroid dienone is 2. The summed E-state index contributed by atoms with van der Waals surface area (Å²) in [7, 11) is 0. The number of rotatable bonds is 6. The molecule has 0 atom stereocenters. The lowest BCUT2D eigenvalue weighted by atomic mass is 10.1. The maximum atomic E-state index is 12.3. The molecular formula is C24H20N2O3. The minimum absolute atomic E-state index is 0.0185. The van der Waals surface area contributed by atoms with Crippen molar-refractivity contribution in [2.75, 3.05) is 0 Å². The summed E-state index contributed by atoms with van der Waals surface area (Å²) < 4.78 is 0. The van der Waals surface area contributed by atoms with Gasteiger partial charge in [0.25, 0.3) is 5.91 Å². The van der Waals surface area contributed by atoms with Crippen LogP contribution in [0.5, 0.6) is 11.5 Å². The molecule has 5 heteroatoms. The van der Waals surface area contributed by atoms with Crippen LogP contribution in [0.2, 0.25) is 0 Å². The maximum Gasteiger partial charge on any atom is 0.275 e. The first-order chi connectivity index (χ1) is 14.1. The van der Waals surface area contributed by atoms with Crippen molar-refractivity contribution in [1.29, 1.82) is 0 Å². The minimum Gasteiger partial charge on any atom is -0.508 e. The number of carbonyl (C=O) groups excluding carboxylic acids is 1. The number of nitrogens with zero attached hydrogens (tertiary/aromatic N) is 1. The van der Waals surface area contributed by atoms with Crippen molar-refractivity contribution in [3.63, 3.8) is 0 Å². The fourth-order valence-corrected chi connectivity index (χ4v) is 2.51. The maximum absolute atomic E-state index is 12.3. The molecule has 5 nitrogen and oxygen atoms in total. The Morgan fingerprint density at radius 3 is 1.86 bits per heavy atom. The lowest BCUT2D eigenvalue weighted by Gasteiger charge is -2.04. The van der Waals surface area contributed by atoms with Gasteiger partial charge in [0.15, 0.2) is 0 Å². The molecule has 0 unspecified atom stereocenters. The second kappa shape index (κ2) is 9.71. The highest BCUT2D eigenvalue weighted by Gasteiger charge is 2.10. The molecule has 3 aromatic rings. The van der Waals surface area contributed by atoms with Crippen molar-refractivity contribution in [2.24, 2.45) is 5.10 Å². The standard InChI is InChI=1S/C24H20N2O3/c27-21-15-16-22(23(28)17-21)24(29)26-25-20(13-11-18-7-3-1-4-8-18)14-12-19-9-5-2-6-10-19/h1-17,27-28H,(H,26,29)/b13-11+,14-12+. The van der Waals surface area contributed by atoms with Crippen molar-refractivity contribution in [2.45, 2.75) is 0 Å². The van der Waals surface area contributed by atoms with Crippen LogP contribution in [0.1, 0.15) is 21.5 Å². The van der Waals surface area contributed by atoms with Crippen molar-refractivity contribution in [3.05, 3.63) is 108 Å². The smallest absolute Gasteiger partial charge is 0.275 e. The molecule has 3 N–H and O–H groups in total. The SMILES string of the molecule is O=C(NN=C(/C=C/c1ccccc1)/C=C/c1ccccc1)c1ccc(O)cc1O. The number of aromatic hydroxyl groups is 2. The van der Waals surface area contributed by atoms with Crippen molar-refractivity contribution in [1.82, 2.24) is 5.43 Å².